The van der Waals surface area contributed by atoms with Gasteiger partial charge in [-0.25, -0.2) is 4.79 Å². The zero-order valence-electron chi connectivity index (χ0n) is 5.00. The average Bonchev–Trinajstić information content (AvgIpc) is 1.94. The monoisotopic (exact) mass is 152 g/mol. The summed E-state index contributed by atoms with van der Waals surface area (Å²) in [5, 5.41) is 0. The van der Waals surface area contributed by atoms with Crippen LogP contribution in [0, 0.1) is 4.64 Å². The predicted molar refractivity (Wildman–Crippen MR) is 39.4 cm³/mol. The molecule has 0 unspecified atom stereocenters. The van der Waals surface area contributed by atoms with E-state index in [1.165, 1.54) is 6.08 Å². The second-order valence-corrected chi connectivity index (χ2v) is 2.00. The lowest BCUT2D eigenvalue weighted by atomic mass is 10.4. The van der Waals surface area contributed by atoms with E-state index in [2.05, 4.69) is 9.98 Å². The number of H-pyrrole nitrogens is 1. The third kappa shape index (κ3) is 1.37. The summed E-state index contributed by atoms with van der Waals surface area (Å²) < 4.78 is 0.450. The molecule has 0 aliphatic rings. The molecule has 3 nitrogen and oxygen atoms in total. The predicted octanol–water partition coefficient (Wildman–Crippen LogP) is 1.71. The van der Waals surface area contributed by atoms with Crippen LogP contribution in [0.15, 0.2) is 23.3 Å². The molecule has 0 aromatic carbocycles. The number of nitrogens with zero attached hydrogens (tertiary/aromatic N) is 1. The highest BCUT2D eigenvalue weighted by atomic mass is 32.1. The molecule has 10 heavy (non-hydrogen) atoms. The van der Waals surface area contributed by atoms with Gasteiger partial charge in [-0.3, -0.25) is 0 Å². The van der Waals surface area contributed by atoms with Gasteiger partial charge in [-0.15, -0.1) is 0 Å². The van der Waals surface area contributed by atoms with Gasteiger partial charge in [-0.05, 0) is 12.1 Å². The lowest BCUT2D eigenvalue weighted by molar-refractivity contribution is 0.565. The molecule has 50 valence electrons. The van der Waals surface area contributed by atoms with E-state index in [0.29, 0.717) is 10.3 Å². The first kappa shape index (κ1) is 6.86. The maximum Gasteiger partial charge on any atom is 0.240 e. The minimum Gasteiger partial charge on any atom is -0.351 e. The Balaban J connectivity index is 3.28. The van der Waals surface area contributed by atoms with Crippen LogP contribution in [0.1, 0.15) is 0 Å². The lowest BCUT2D eigenvalue weighted by Gasteiger charge is -1.86. The van der Waals surface area contributed by atoms with Crippen LogP contribution in [-0.2, 0) is 4.79 Å². The molecule has 1 rings (SSSR count). The van der Waals surface area contributed by atoms with E-state index < -0.39 is 0 Å². The molecule has 1 N–H and O–H groups in total. The van der Waals surface area contributed by atoms with Gasteiger partial charge in [-0.2, -0.15) is 4.99 Å². The van der Waals surface area contributed by atoms with E-state index in [1.807, 2.05) is 0 Å². The smallest absolute Gasteiger partial charge is 0.240 e. The van der Waals surface area contributed by atoms with Crippen LogP contribution in [0.3, 0.4) is 0 Å². The van der Waals surface area contributed by atoms with Gasteiger partial charge in [0.25, 0.3) is 0 Å². The van der Waals surface area contributed by atoms with Crippen molar-refractivity contribution in [1.29, 1.82) is 0 Å². The van der Waals surface area contributed by atoms with Crippen molar-refractivity contribution >= 4 is 24.0 Å². The van der Waals surface area contributed by atoms with E-state index in [4.69, 9.17) is 12.2 Å². The van der Waals surface area contributed by atoms with Crippen molar-refractivity contribution in [3.8, 4) is 0 Å². The number of aromatic amines is 1. The molecule has 0 radical (unpaired) electrons. The third-order valence-corrected chi connectivity index (χ3v) is 1.29. The highest BCUT2D eigenvalue weighted by Crippen LogP contribution is 2.08. The summed E-state index contributed by atoms with van der Waals surface area (Å²) in [7, 11) is 0. The van der Waals surface area contributed by atoms with Crippen LogP contribution in [-0.4, -0.2) is 11.1 Å². The van der Waals surface area contributed by atoms with Gasteiger partial charge < -0.3 is 4.98 Å². The van der Waals surface area contributed by atoms with Gasteiger partial charge in [0.15, 0.2) is 0 Å². The minimum absolute atomic E-state index is 0.450. The first-order valence-corrected chi connectivity index (χ1v) is 3.01. The van der Waals surface area contributed by atoms with Crippen LogP contribution >= 0.6 is 12.2 Å². The van der Waals surface area contributed by atoms with Crippen molar-refractivity contribution in [3.63, 3.8) is 0 Å². The number of carbonyl (C=O) groups excluding carboxylic acids is 1. The van der Waals surface area contributed by atoms with Crippen molar-refractivity contribution in [3.05, 3.63) is 23.0 Å². The molecule has 0 bridgehead atoms. The van der Waals surface area contributed by atoms with E-state index in [-0.39, 0.29) is 0 Å². The molecular weight excluding hydrogens is 148 g/mol. The normalized spacial score (nSPS) is 8.40. The molecule has 0 spiro atoms. The highest BCUT2D eigenvalue weighted by molar-refractivity contribution is 7.71. The maximum atomic E-state index is 9.77. The van der Waals surface area contributed by atoms with Crippen molar-refractivity contribution in [2.75, 3.05) is 0 Å². The van der Waals surface area contributed by atoms with Crippen LogP contribution in [0.4, 0.5) is 5.69 Å². The molecule has 0 saturated carbocycles. The molecule has 0 aliphatic carbocycles. The zero-order valence-corrected chi connectivity index (χ0v) is 5.81. The standard InChI is InChI=1S/C6H4N2OS/c9-4-8-5-2-1-3-7-6(5)10/h1-3H,(H,7,10). The summed E-state index contributed by atoms with van der Waals surface area (Å²) >= 11 is 4.79. The number of aliphatic imine (C=N–C) groups is 1. The molecule has 4 heteroatoms. The molecule has 1 heterocycles. The Morgan fingerprint density at radius 3 is 3.10 bits per heavy atom. The fourth-order valence-electron chi connectivity index (χ4n) is 0.550. The number of hydrogen-bond acceptors (Lipinski definition) is 3. The van der Waals surface area contributed by atoms with E-state index in [0.717, 1.165) is 0 Å². The van der Waals surface area contributed by atoms with Crippen LogP contribution in [0.2, 0.25) is 0 Å². The maximum absolute atomic E-state index is 9.77. The lowest BCUT2D eigenvalue weighted by Crippen LogP contribution is -1.71. The number of hydrogen-bond donors (Lipinski definition) is 1. The Bertz CT molecular complexity index is 325. The molecule has 0 aliphatic heterocycles. The number of aromatic nitrogens is 1. The van der Waals surface area contributed by atoms with Crippen molar-refractivity contribution in [2.45, 2.75) is 0 Å². The van der Waals surface area contributed by atoms with Crippen LogP contribution < -0.4 is 0 Å². The first-order valence-electron chi connectivity index (χ1n) is 2.60. The fourth-order valence-corrected chi connectivity index (χ4v) is 0.732. The Morgan fingerprint density at radius 1 is 1.70 bits per heavy atom. The molecule has 1 aromatic heterocycles. The van der Waals surface area contributed by atoms with Crippen molar-refractivity contribution < 1.29 is 4.79 Å². The quantitative estimate of drug-likeness (QED) is 0.378. The molecule has 0 fully saturated rings. The first-order chi connectivity index (χ1) is 4.84. The Morgan fingerprint density at radius 2 is 2.50 bits per heavy atom. The summed E-state index contributed by atoms with van der Waals surface area (Å²) in [6, 6.07) is 3.36. The summed E-state index contributed by atoms with van der Waals surface area (Å²) in [6.07, 6.45) is 3.09. The summed E-state index contributed by atoms with van der Waals surface area (Å²) in [4.78, 5) is 15.9. The summed E-state index contributed by atoms with van der Waals surface area (Å²) in [6.45, 7) is 0. The Hall–Kier alpha value is -1.25. The molecular formula is C6H4N2OS. The number of rotatable bonds is 1. The zero-order chi connectivity index (χ0) is 7.40. The van der Waals surface area contributed by atoms with Crippen molar-refractivity contribution in [1.82, 2.24) is 4.98 Å². The van der Waals surface area contributed by atoms with Crippen LogP contribution in [0.25, 0.3) is 0 Å². The van der Waals surface area contributed by atoms with Gasteiger partial charge in [0.1, 0.15) is 10.3 Å². The summed E-state index contributed by atoms with van der Waals surface area (Å²) in [5.74, 6) is 0. The Labute approximate surface area is 62.4 Å². The molecule has 1 aromatic rings. The molecule has 0 saturated heterocycles. The van der Waals surface area contributed by atoms with Crippen molar-refractivity contribution in [2.24, 2.45) is 4.99 Å². The topological polar surface area (TPSA) is 45.2 Å². The fraction of sp³-hybridized carbons (Fsp3) is 0. The van der Waals surface area contributed by atoms with E-state index >= 15 is 0 Å². The third-order valence-electron chi connectivity index (χ3n) is 0.963. The van der Waals surface area contributed by atoms with Gasteiger partial charge in [0.2, 0.25) is 6.08 Å². The number of nitrogens with one attached hydrogen (secondary N) is 1. The second-order valence-electron chi connectivity index (χ2n) is 1.59. The van der Waals surface area contributed by atoms with Crippen LogP contribution in [0.5, 0.6) is 0 Å². The SMILES string of the molecule is O=C=Nc1ccc[nH]c1=S. The molecule has 0 atom stereocenters. The summed E-state index contributed by atoms with van der Waals surface area (Å²) in [5.41, 5.74) is 0.451. The second kappa shape index (κ2) is 3.06. The van der Waals surface area contributed by atoms with Gasteiger partial charge in [0, 0.05) is 6.20 Å². The average molecular weight is 152 g/mol. The highest BCUT2D eigenvalue weighted by Gasteiger charge is 1.87. The minimum atomic E-state index is 0.450. The van der Waals surface area contributed by atoms with Gasteiger partial charge in [-0.1, -0.05) is 12.2 Å². The van der Waals surface area contributed by atoms with E-state index in [1.54, 1.807) is 18.3 Å². The van der Waals surface area contributed by atoms with E-state index in [9.17, 15) is 4.79 Å². The largest absolute Gasteiger partial charge is 0.351 e. The Kier molecular flexibility index (Phi) is 2.10. The number of isocyanates is 1. The number of pyridine rings is 1. The van der Waals surface area contributed by atoms with Gasteiger partial charge >= 0.3 is 0 Å². The molecule has 0 amide bonds. The van der Waals surface area contributed by atoms with Gasteiger partial charge in [0.05, 0.1) is 0 Å².